The second-order valence-electron chi connectivity index (χ2n) is 7.03. The molecule has 1 fully saturated rings. The van der Waals surface area contributed by atoms with Crippen LogP contribution in [0, 0.1) is 5.82 Å². The van der Waals surface area contributed by atoms with E-state index in [0.717, 1.165) is 38.2 Å². The third kappa shape index (κ3) is 5.51. The van der Waals surface area contributed by atoms with Crippen molar-refractivity contribution in [3.8, 4) is 0 Å². The summed E-state index contributed by atoms with van der Waals surface area (Å²) in [5, 5.41) is 10.4. The molecule has 27 heavy (non-hydrogen) atoms. The highest BCUT2D eigenvalue weighted by atomic mass is 19.1. The Morgan fingerprint density at radius 2 is 1.67 bits per heavy atom. The molecule has 1 aliphatic rings. The molecule has 1 N–H and O–H groups in total. The Morgan fingerprint density at radius 1 is 1.00 bits per heavy atom. The lowest BCUT2D eigenvalue weighted by Crippen LogP contribution is -2.49. The van der Waals surface area contributed by atoms with Crippen LogP contribution in [0.1, 0.15) is 25.0 Å². The average molecular weight is 372 g/mol. The van der Waals surface area contributed by atoms with Gasteiger partial charge in [-0.1, -0.05) is 49.4 Å². The van der Waals surface area contributed by atoms with Gasteiger partial charge in [-0.2, -0.15) is 0 Å². The number of para-hydroxylation sites is 1. The lowest BCUT2D eigenvalue weighted by Gasteiger charge is -2.37. The highest BCUT2D eigenvalue weighted by molar-refractivity contribution is 5.47. The number of piperazine rings is 1. The van der Waals surface area contributed by atoms with Gasteiger partial charge < -0.3 is 14.7 Å². The fourth-order valence-electron chi connectivity index (χ4n) is 3.57. The Labute approximate surface area is 161 Å². The van der Waals surface area contributed by atoms with Gasteiger partial charge in [0.25, 0.3) is 0 Å². The van der Waals surface area contributed by atoms with E-state index in [-0.39, 0.29) is 11.9 Å². The first-order chi connectivity index (χ1) is 13.2. The third-order valence-electron chi connectivity index (χ3n) is 5.07. The summed E-state index contributed by atoms with van der Waals surface area (Å²) in [6.45, 7) is 6.12. The normalized spacial score (nSPS) is 17.7. The van der Waals surface area contributed by atoms with Crippen molar-refractivity contribution in [2.45, 2.75) is 25.6 Å². The molecule has 2 atom stereocenters. The average Bonchev–Trinajstić information content (AvgIpc) is 2.70. The van der Waals surface area contributed by atoms with Gasteiger partial charge in [-0.15, -0.1) is 0 Å². The molecule has 0 bridgehead atoms. The molecule has 0 saturated carbocycles. The van der Waals surface area contributed by atoms with Crippen LogP contribution in [0.5, 0.6) is 0 Å². The van der Waals surface area contributed by atoms with Crippen molar-refractivity contribution in [1.82, 2.24) is 4.90 Å². The molecule has 1 heterocycles. The van der Waals surface area contributed by atoms with Crippen molar-refractivity contribution in [2.75, 3.05) is 44.2 Å². The molecule has 0 spiro atoms. The van der Waals surface area contributed by atoms with Gasteiger partial charge in [0.05, 0.1) is 24.5 Å². The number of anilines is 1. The summed E-state index contributed by atoms with van der Waals surface area (Å²) in [4.78, 5) is 4.28. The fraction of sp³-hybridized carbons (Fsp3) is 0.455. The molecule has 2 aromatic rings. The summed E-state index contributed by atoms with van der Waals surface area (Å²) < 4.78 is 19.9. The number of nitrogens with zero attached hydrogens (tertiary/aromatic N) is 2. The Balaban J connectivity index is 1.43. The second kappa shape index (κ2) is 9.83. The first-order valence-electron chi connectivity index (χ1n) is 9.73. The van der Waals surface area contributed by atoms with Gasteiger partial charge >= 0.3 is 0 Å². The van der Waals surface area contributed by atoms with Crippen molar-refractivity contribution in [2.24, 2.45) is 0 Å². The summed E-state index contributed by atoms with van der Waals surface area (Å²) in [5.41, 5.74) is 1.81. The smallest absolute Gasteiger partial charge is 0.146 e. The highest BCUT2D eigenvalue weighted by Crippen LogP contribution is 2.22. The number of halogens is 1. The van der Waals surface area contributed by atoms with Crippen molar-refractivity contribution >= 4 is 5.69 Å². The van der Waals surface area contributed by atoms with Gasteiger partial charge in [0.2, 0.25) is 0 Å². The molecule has 2 aromatic carbocycles. The molecule has 1 aliphatic heterocycles. The lowest BCUT2D eigenvalue weighted by atomic mass is 10.1. The third-order valence-corrected chi connectivity index (χ3v) is 5.07. The Bertz CT molecular complexity index is 690. The van der Waals surface area contributed by atoms with E-state index in [1.807, 2.05) is 30.3 Å². The van der Waals surface area contributed by atoms with Crippen LogP contribution in [-0.2, 0) is 4.74 Å². The molecule has 146 valence electrons. The Hall–Kier alpha value is -1.95. The van der Waals surface area contributed by atoms with Gasteiger partial charge in [0.1, 0.15) is 5.82 Å². The van der Waals surface area contributed by atoms with Crippen LogP contribution in [0.15, 0.2) is 54.6 Å². The summed E-state index contributed by atoms with van der Waals surface area (Å²) in [5.74, 6) is -0.175. The molecule has 0 unspecified atom stereocenters. The molecule has 5 heteroatoms. The van der Waals surface area contributed by atoms with Gasteiger partial charge in [-0.3, -0.25) is 4.90 Å². The van der Waals surface area contributed by atoms with E-state index in [4.69, 9.17) is 4.74 Å². The topological polar surface area (TPSA) is 35.9 Å². The second-order valence-corrected chi connectivity index (χ2v) is 7.03. The number of benzene rings is 2. The van der Waals surface area contributed by atoms with Crippen LogP contribution in [0.4, 0.5) is 10.1 Å². The van der Waals surface area contributed by atoms with Gasteiger partial charge in [0, 0.05) is 32.7 Å². The van der Waals surface area contributed by atoms with Crippen LogP contribution in [0.25, 0.3) is 0 Å². The van der Waals surface area contributed by atoms with Crippen LogP contribution in [-0.4, -0.2) is 55.4 Å². The van der Waals surface area contributed by atoms with E-state index >= 15 is 0 Å². The molecule has 3 rings (SSSR count). The van der Waals surface area contributed by atoms with Gasteiger partial charge in [-0.05, 0) is 24.1 Å². The Morgan fingerprint density at radius 3 is 2.33 bits per heavy atom. The van der Waals surface area contributed by atoms with E-state index in [1.54, 1.807) is 6.07 Å². The van der Waals surface area contributed by atoms with Crippen LogP contribution in [0.3, 0.4) is 0 Å². The first-order valence-corrected chi connectivity index (χ1v) is 9.73. The summed E-state index contributed by atoms with van der Waals surface area (Å²) in [6.07, 6.45) is 0.361. The standard InChI is InChI=1S/C22H29FN2O2/c1-2-22(18-8-4-3-5-9-18)27-17-19(26)16-24-12-14-25(15-13-24)21-11-7-6-10-20(21)23/h3-11,19,22,26H,2,12-17H2,1H3/t19-,22+/m1/s1. The molecular weight excluding hydrogens is 343 g/mol. The molecule has 0 aromatic heterocycles. The minimum atomic E-state index is -0.525. The molecule has 1 saturated heterocycles. The van der Waals surface area contributed by atoms with Crippen LogP contribution < -0.4 is 4.90 Å². The number of aliphatic hydroxyl groups is 1. The van der Waals surface area contributed by atoms with Crippen molar-refractivity contribution in [1.29, 1.82) is 0 Å². The number of aliphatic hydroxyl groups excluding tert-OH is 1. The first kappa shape index (κ1) is 19.8. The maximum Gasteiger partial charge on any atom is 0.146 e. The minimum absolute atomic E-state index is 0.0127. The number of ether oxygens (including phenoxy) is 1. The zero-order valence-electron chi connectivity index (χ0n) is 15.9. The largest absolute Gasteiger partial charge is 0.389 e. The summed E-state index contributed by atoms with van der Waals surface area (Å²) >= 11 is 0. The minimum Gasteiger partial charge on any atom is -0.389 e. The number of β-amino-alcohol motifs (C(OH)–C–C–N with tert-alkyl or cyclic N) is 1. The molecule has 0 radical (unpaired) electrons. The summed E-state index contributed by atoms with van der Waals surface area (Å²) in [7, 11) is 0. The highest BCUT2D eigenvalue weighted by Gasteiger charge is 2.21. The molecular formula is C22H29FN2O2. The van der Waals surface area contributed by atoms with Crippen molar-refractivity contribution in [3.05, 3.63) is 66.0 Å². The van der Waals surface area contributed by atoms with Crippen LogP contribution >= 0.6 is 0 Å². The maximum atomic E-state index is 13.9. The van der Waals surface area contributed by atoms with E-state index in [0.29, 0.717) is 18.8 Å². The van der Waals surface area contributed by atoms with E-state index in [2.05, 4.69) is 28.9 Å². The maximum absolute atomic E-state index is 13.9. The Kier molecular flexibility index (Phi) is 7.21. The number of hydrogen-bond donors (Lipinski definition) is 1. The molecule has 4 nitrogen and oxygen atoms in total. The SMILES string of the molecule is CC[C@H](OC[C@H](O)CN1CCN(c2ccccc2F)CC1)c1ccccc1. The summed E-state index contributed by atoms with van der Waals surface area (Å²) in [6, 6.07) is 17.0. The predicted molar refractivity (Wildman–Crippen MR) is 106 cm³/mol. The van der Waals surface area contributed by atoms with E-state index in [1.165, 1.54) is 6.07 Å². The zero-order chi connectivity index (χ0) is 19.1. The van der Waals surface area contributed by atoms with E-state index < -0.39 is 6.10 Å². The van der Waals surface area contributed by atoms with Crippen molar-refractivity contribution < 1.29 is 14.2 Å². The lowest BCUT2D eigenvalue weighted by molar-refractivity contribution is -0.0240. The van der Waals surface area contributed by atoms with Gasteiger partial charge in [-0.25, -0.2) is 4.39 Å². The van der Waals surface area contributed by atoms with Gasteiger partial charge in [0.15, 0.2) is 0 Å². The predicted octanol–water partition coefficient (Wildman–Crippen LogP) is 3.48. The molecule has 0 amide bonds. The van der Waals surface area contributed by atoms with E-state index in [9.17, 15) is 9.50 Å². The quantitative estimate of drug-likeness (QED) is 0.770. The number of rotatable bonds is 8. The molecule has 0 aliphatic carbocycles. The fourth-order valence-corrected chi connectivity index (χ4v) is 3.57. The monoisotopic (exact) mass is 372 g/mol. The zero-order valence-corrected chi connectivity index (χ0v) is 15.9. The number of hydrogen-bond acceptors (Lipinski definition) is 4. The van der Waals surface area contributed by atoms with Crippen molar-refractivity contribution in [3.63, 3.8) is 0 Å². The van der Waals surface area contributed by atoms with Crippen LogP contribution in [0.2, 0.25) is 0 Å².